The molecule has 0 radical (unpaired) electrons. The van der Waals surface area contributed by atoms with Gasteiger partial charge in [-0.05, 0) is 12.1 Å². The van der Waals surface area contributed by atoms with Crippen molar-refractivity contribution in [3.05, 3.63) is 48.7 Å². The fraction of sp³-hybridized carbons (Fsp3) is 0.294. The van der Waals surface area contributed by atoms with E-state index in [1.54, 1.807) is 0 Å². The number of benzene rings is 1. The third-order valence-electron chi connectivity index (χ3n) is 3.78. The monoisotopic (exact) mass is 294 g/mol. The minimum absolute atomic E-state index is 0.357. The molecule has 0 spiro atoms. The molecule has 3 rings (SSSR count). The summed E-state index contributed by atoms with van der Waals surface area (Å²) in [6.45, 7) is 8.17. The number of aromatic nitrogens is 1. The second-order valence-corrected chi connectivity index (χ2v) is 5.23. The highest BCUT2D eigenvalue weighted by molar-refractivity contribution is 5.59. The van der Waals surface area contributed by atoms with Crippen molar-refractivity contribution in [3.63, 3.8) is 0 Å². The molecule has 1 saturated heterocycles. The first kappa shape index (κ1) is 14.4. The van der Waals surface area contributed by atoms with Gasteiger partial charge in [0.1, 0.15) is 6.07 Å². The van der Waals surface area contributed by atoms with Crippen molar-refractivity contribution >= 4 is 5.88 Å². The summed E-state index contributed by atoms with van der Waals surface area (Å²) in [6, 6.07) is 11.8. The molecule has 0 N–H and O–H groups in total. The molecule has 1 aliphatic rings. The first-order valence-electron chi connectivity index (χ1n) is 7.36. The summed E-state index contributed by atoms with van der Waals surface area (Å²) < 4.78 is 5.88. The van der Waals surface area contributed by atoms with Gasteiger partial charge in [-0.2, -0.15) is 10.2 Å². The Morgan fingerprint density at radius 3 is 2.59 bits per heavy atom. The van der Waals surface area contributed by atoms with Gasteiger partial charge in [-0.15, -0.1) is 6.58 Å². The molecule has 2 heterocycles. The van der Waals surface area contributed by atoms with Gasteiger partial charge >= 0.3 is 0 Å². The Labute approximate surface area is 130 Å². The van der Waals surface area contributed by atoms with E-state index in [9.17, 15) is 5.26 Å². The number of hydrogen-bond donors (Lipinski definition) is 0. The molecule has 0 bridgehead atoms. The van der Waals surface area contributed by atoms with Crippen LogP contribution in [0.25, 0.3) is 11.5 Å². The van der Waals surface area contributed by atoms with Crippen LogP contribution in [-0.4, -0.2) is 42.6 Å². The molecular formula is C17H18N4O. The molecule has 0 saturated carbocycles. The van der Waals surface area contributed by atoms with Crippen molar-refractivity contribution in [1.29, 1.82) is 5.26 Å². The Balaban J connectivity index is 1.81. The second kappa shape index (κ2) is 6.46. The Kier molecular flexibility index (Phi) is 4.22. The van der Waals surface area contributed by atoms with Gasteiger partial charge in [0.15, 0.2) is 0 Å². The fourth-order valence-electron chi connectivity index (χ4n) is 2.62. The highest BCUT2D eigenvalue weighted by atomic mass is 16.4. The van der Waals surface area contributed by atoms with Gasteiger partial charge in [-0.25, -0.2) is 0 Å². The van der Waals surface area contributed by atoms with E-state index in [1.807, 2.05) is 36.4 Å². The quantitative estimate of drug-likeness (QED) is 0.811. The fourth-order valence-corrected chi connectivity index (χ4v) is 2.62. The van der Waals surface area contributed by atoms with Crippen molar-refractivity contribution in [2.24, 2.45) is 0 Å². The molecule has 0 atom stereocenters. The van der Waals surface area contributed by atoms with Crippen molar-refractivity contribution < 1.29 is 4.42 Å². The van der Waals surface area contributed by atoms with Gasteiger partial charge < -0.3 is 9.32 Å². The molecule has 0 amide bonds. The summed E-state index contributed by atoms with van der Waals surface area (Å²) in [4.78, 5) is 8.75. The summed E-state index contributed by atoms with van der Waals surface area (Å²) in [5.41, 5.74) is 1.24. The highest BCUT2D eigenvalue weighted by Gasteiger charge is 2.24. The van der Waals surface area contributed by atoms with Crippen LogP contribution in [0.1, 0.15) is 5.69 Å². The number of hydrogen-bond acceptors (Lipinski definition) is 5. The van der Waals surface area contributed by atoms with E-state index in [2.05, 4.69) is 27.4 Å². The molecule has 5 heteroatoms. The van der Waals surface area contributed by atoms with Crippen molar-refractivity contribution in [2.45, 2.75) is 0 Å². The average molecular weight is 294 g/mol. The average Bonchev–Trinajstić information content (AvgIpc) is 3.01. The Morgan fingerprint density at radius 2 is 1.95 bits per heavy atom. The standard InChI is InChI=1S/C17H18N4O/c1-2-8-20-9-11-21(12-10-20)17-15(13-18)19-16(22-17)14-6-4-3-5-7-14/h2-7H,1,8-12H2. The first-order chi connectivity index (χ1) is 10.8. The van der Waals surface area contributed by atoms with Gasteiger partial charge in [-0.3, -0.25) is 4.90 Å². The second-order valence-electron chi connectivity index (χ2n) is 5.23. The van der Waals surface area contributed by atoms with E-state index < -0.39 is 0 Å². The van der Waals surface area contributed by atoms with Crippen molar-refractivity contribution in [3.8, 4) is 17.5 Å². The zero-order valence-corrected chi connectivity index (χ0v) is 12.4. The molecule has 1 aromatic heterocycles. The van der Waals surface area contributed by atoms with Gasteiger partial charge in [0.05, 0.1) is 0 Å². The van der Waals surface area contributed by atoms with Crippen molar-refractivity contribution in [2.75, 3.05) is 37.6 Å². The topological polar surface area (TPSA) is 56.3 Å². The Hall–Kier alpha value is -2.58. The minimum atomic E-state index is 0.357. The van der Waals surface area contributed by atoms with E-state index in [-0.39, 0.29) is 0 Å². The molecule has 0 aliphatic carbocycles. The van der Waals surface area contributed by atoms with Crippen LogP contribution >= 0.6 is 0 Å². The lowest BCUT2D eigenvalue weighted by atomic mass is 10.2. The SMILES string of the molecule is C=CCN1CCN(c2oc(-c3ccccc3)nc2C#N)CC1. The Bertz CT molecular complexity index is 678. The van der Waals surface area contributed by atoms with E-state index in [1.165, 1.54) is 0 Å². The first-order valence-corrected chi connectivity index (χ1v) is 7.36. The normalized spacial score (nSPS) is 15.5. The maximum absolute atomic E-state index is 9.32. The maximum Gasteiger partial charge on any atom is 0.235 e. The van der Waals surface area contributed by atoms with Gasteiger partial charge in [-0.1, -0.05) is 24.3 Å². The van der Waals surface area contributed by atoms with E-state index >= 15 is 0 Å². The zero-order chi connectivity index (χ0) is 15.4. The maximum atomic E-state index is 9.32. The highest BCUT2D eigenvalue weighted by Crippen LogP contribution is 2.28. The van der Waals surface area contributed by atoms with Crippen LogP contribution < -0.4 is 4.90 Å². The number of nitrogens with zero attached hydrogens (tertiary/aromatic N) is 4. The Morgan fingerprint density at radius 1 is 1.23 bits per heavy atom. The van der Waals surface area contributed by atoms with Crippen LogP contribution in [0.3, 0.4) is 0 Å². The van der Waals surface area contributed by atoms with Crippen LogP contribution in [0.15, 0.2) is 47.4 Å². The minimum Gasteiger partial charge on any atom is -0.419 e. The molecule has 1 fully saturated rings. The van der Waals surface area contributed by atoms with Gasteiger partial charge in [0.25, 0.3) is 0 Å². The molecule has 112 valence electrons. The lowest BCUT2D eigenvalue weighted by molar-refractivity contribution is 0.279. The van der Waals surface area contributed by atoms with E-state index in [0.717, 1.165) is 38.3 Å². The third kappa shape index (κ3) is 2.87. The predicted molar refractivity (Wildman–Crippen MR) is 85.5 cm³/mol. The summed E-state index contributed by atoms with van der Waals surface area (Å²) in [5.74, 6) is 1.08. The molecule has 1 aliphatic heterocycles. The van der Waals surface area contributed by atoms with E-state index in [4.69, 9.17) is 4.42 Å². The smallest absolute Gasteiger partial charge is 0.235 e. The third-order valence-corrected chi connectivity index (χ3v) is 3.78. The molecular weight excluding hydrogens is 276 g/mol. The zero-order valence-electron chi connectivity index (χ0n) is 12.4. The molecule has 1 aromatic carbocycles. The number of oxazole rings is 1. The summed E-state index contributed by atoms with van der Waals surface area (Å²) in [7, 11) is 0. The summed E-state index contributed by atoms with van der Waals surface area (Å²) >= 11 is 0. The molecule has 22 heavy (non-hydrogen) atoms. The van der Waals surface area contributed by atoms with Crippen molar-refractivity contribution in [1.82, 2.24) is 9.88 Å². The molecule has 5 nitrogen and oxygen atoms in total. The number of nitriles is 1. The number of rotatable bonds is 4. The summed E-state index contributed by atoms with van der Waals surface area (Å²) in [6.07, 6.45) is 1.92. The number of anilines is 1. The summed E-state index contributed by atoms with van der Waals surface area (Å²) in [5, 5.41) is 9.32. The number of piperazine rings is 1. The van der Waals surface area contributed by atoms with Gasteiger partial charge in [0.2, 0.25) is 17.5 Å². The van der Waals surface area contributed by atoms with Crippen LogP contribution in [0.4, 0.5) is 5.88 Å². The largest absolute Gasteiger partial charge is 0.419 e. The van der Waals surface area contributed by atoms with Crippen LogP contribution in [0.2, 0.25) is 0 Å². The molecule has 2 aromatic rings. The van der Waals surface area contributed by atoms with Crippen LogP contribution in [-0.2, 0) is 0 Å². The van der Waals surface area contributed by atoms with Gasteiger partial charge in [0, 0.05) is 38.3 Å². The van der Waals surface area contributed by atoms with Crippen LogP contribution in [0, 0.1) is 11.3 Å². The van der Waals surface area contributed by atoms with E-state index in [0.29, 0.717) is 17.5 Å². The predicted octanol–water partition coefficient (Wildman–Crippen LogP) is 2.52. The lowest BCUT2D eigenvalue weighted by Gasteiger charge is -2.33. The molecule has 0 unspecified atom stereocenters. The lowest BCUT2D eigenvalue weighted by Crippen LogP contribution is -2.46. The van der Waals surface area contributed by atoms with Crippen LogP contribution in [0.5, 0.6) is 0 Å².